The lowest BCUT2D eigenvalue weighted by molar-refractivity contribution is -0.144. The fourth-order valence-corrected chi connectivity index (χ4v) is 1.07. The van der Waals surface area contributed by atoms with Gasteiger partial charge in [-0.2, -0.15) is 0 Å². The van der Waals surface area contributed by atoms with Gasteiger partial charge < -0.3 is 9.47 Å². The lowest BCUT2D eigenvalue weighted by atomic mass is 10.1. The van der Waals surface area contributed by atoms with E-state index in [0.717, 1.165) is 13.0 Å². The van der Waals surface area contributed by atoms with E-state index in [1.165, 1.54) is 0 Å². The molecule has 1 aliphatic heterocycles. The normalized spacial score (nSPS) is 25.7. The lowest BCUT2D eigenvalue weighted by Gasteiger charge is -2.05. The van der Waals surface area contributed by atoms with Crippen molar-refractivity contribution < 1.29 is 14.3 Å². The highest BCUT2D eigenvalue weighted by molar-refractivity contribution is 6.17. The third-order valence-electron chi connectivity index (χ3n) is 2.05. The first-order valence-corrected chi connectivity index (χ1v) is 5.05. The van der Waals surface area contributed by atoms with Crippen molar-refractivity contribution in [1.82, 2.24) is 0 Å². The molecular weight excluding hydrogens is 192 g/mol. The van der Waals surface area contributed by atoms with Gasteiger partial charge in [-0.05, 0) is 13.3 Å². The summed E-state index contributed by atoms with van der Waals surface area (Å²) in [6, 6.07) is 0. The molecule has 3 nitrogen and oxygen atoms in total. The molecule has 4 heteroatoms. The Labute approximate surface area is 83.3 Å². The number of hydrogen-bond donors (Lipinski definition) is 0. The largest absolute Gasteiger partial charge is 0.466 e. The number of esters is 1. The third-order valence-corrected chi connectivity index (χ3v) is 2.31. The predicted octanol–water partition coefficient (Wildman–Crippen LogP) is 1.73. The zero-order chi connectivity index (χ0) is 9.73. The van der Waals surface area contributed by atoms with Gasteiger partial charge in [0.25, 0.3) is 0 Å². The molecule has 0 radical (unpaired) electrons. The quantitative estimate of drug-likeness (QED) is 0.378. The van der Waals surface area contributed by atoms with E-state index < -0.39 is 0 Å². The predicted molar refractivity (Wildman–Crippen MR) is 49.9 cm³/mol. The van der Waals surface area contributed by atoms with Crippen LogP contribution in [0.25, 0.3) is 0 Å². The van der Waals surface area contributed by atoms with E-state index in [-0.39, 0.29) is 11.6 Å². The summed E-state index contributed by atoms with van der Waals surface area (Å²) in [5.74, 6) is 0.348. The van der Waals surface area contributed by atoms with E-state index in [9.17, 15) is 4.79 Å². The number of hydrogen-bond acceptors (Lipinski definition) is 3. The third kappa shape index (κ3) is 4.48. The Balaban J connectivity index is 1.95. The molecule has 0 spiro atoms. The van der Waals surface area contributed by atoms with Crippen LogP contribution in [0.2, 0.25) is 0 Å². The second kappa shape index (κ2) is 4.82. The zero-order valence-electron chi connectivity index (χ0n) is 7.85. The molecule has 0 saturated carbocycles. The van der Waals surface area contributed by atoms with Crippen LogP contribution >= 0.6 is 11.6 Å². The molecule has 0 aromatic carbocycles. The molecule has 1 unspecified atom stereocenters. The minimum Gasteiger partial charge on any atom is -0.466 e. The van der Waals surface area contributed by atoms with E-state index in [0.29, 0.717) is 25.3 Å². The average molecular weight is 207 g/mol. The molecule has 0 amide bonds. The lowest BCUT2D eigenvalue weighted by Crippen LogP contribution is -2.12. The summed E-state index contributed by atoms with van der Waals surface area (Å²) < 4.78 is 10.1. The van der Waals surface area contributed by atoms with E-state index in [2.05, 4.69) is 0 Å². The number of alkyl halides is 1. The summed E-state index contributed by atoms with van der Waals surface area (Å²) in [5.41, 5.74) is -0.0211. The van der Waals surface area contributed by atoms with Gasteiger partial charge in [-0.15, -0.1) is 11.6 Å². The molecule has 0 aromatic heterocycles. The van der Waals surface area contributed by atoms with Crippen molar-refractivity contribution in [3.05, 3.63) is 0 Å². The maximum atomic E-state index is 11.0. The van der Waals surface area contributed by atoms with Crippen LogP contribution in [-0.4, -0.2) is 30.7 Å². The first-order valence-electron chi connectivity index (χ1n) is 4.52. The van der Waals surface area contributed by atoms with Gasteiger partial charge in [0, 0.05) is 18.7 Å². The van der Waals surface area contributed by atoms with Gasteiger partial charge in [0.1, 0.15) is 0 Å². The van der Waals surface area contributed by atoms with Crippen LogP contribution in [-0.2, 0) is 14.3 Å². The maximum Gasteiger partial charge on any atom is 0.305 e. The average Bonchev–Trinajstić information content (AvgIpc) is 2.80. The van der Waals surface area contributed by atoms with Gasteiger partial charge in [-0.3, -0.25) is 4.79 Å². The molecule has 1 atom stereocenters. The van der Waals surface area contributed by atoms with Crippen LogP contribution in [0.5, 0.6) is 0 Å². The van der Waals surface area contributed by atoms with Crippen molar-refractivity contribution in [3.63, 3.8) is 0 Å². The summed E-state index contributed by atoms with van der Waals surface area (Å²) in [6.07, 6.45) is 1.90. The van der Waals surface area contributed by atoms with E-state index in [4.69, 9.17) is 21.1 Å². The van der Waals surface area contributed by atoms with Gasteiger partial charge >= 0.3 is 5.97 Å². The summed E-state index contributed by atoms with van der Waals surface area (Å²) in [5, 5.41) is 0. The Morgan fingerprint density at radius 3 is 2.92 bits per heavy atom. The second-order valence-electron chi connectivity index (χ2n) is 3.50. The highest BCUT2D eigenvalue weighted by atomic mass is 35.5. The molecular formula is C9H15ClO3. The summed E-state index contributed by atoms with van der Waals surface area (Å²) in [6.45, 7) is 3.25. The zero-order valence-corrected chi connectivity index (χ0v) is 8.60. The van der Waals surface area contributed by atoms with Crippen LogP contribution in [0.3, 0.4) is 0 Å². The fraction of sp³-hybridized carbons (Fsp3) is 0.889. The molecule has 1 rings (SSSR count). The van der Waals surface area contributed by atoms with Gasteiger partial charge in [-0.25, -0.2) is 0 Å². The van der Waals surface area contributed by atoms with Gasteiger partial charge in [0.05, 0.1) is 18.8 Å². The molecule has 1 fully saturated rings. The van der Waals surface area contributed by atoms with Crippen molar-refractivity contribution in [2.24, 2.45) is 0 Å². The molecule has 0 bridgehead atoms. The summed E-state index contributed by atoms with van der Waals surface area (Å²) in [7, 11) is 0. The number of carbonyl (C=O) groups is 1. The summed E-state index contributed by atoms with van der Waals surface area (Å²) >= 11 is 5.43. The van der Waals surface area contributed by atoms with Crippen LogP contribution in [0, 0.1) is 0 Å². The van der Waals surface area contributed by atoms with E-state index in [1.54, 1.807) is 0 Å². The molecule has 0 aliphatic carbocycles. The van der Waals surface area contributed by atoms with Crippen molar-refractivity contribution in [2.45, 2.75) is 31.8 Å². The topological polar surface area (TPSA) is 38.8 Å². The van der Waals surface area contributed by atoms with Crippen LogP contribution in [0.1, 0.15) is 26.2 Å². The van der Waals surface area contributed by atoms with E-state index >= 15 is 0 Å². The SMILES string of the molecule is CC1(CCOC(=O)CCCCl)CO1. The number of ether oxygens (including phenoxy) is 2. The number of halogens is 1. The molecule has 1 saturated heterocycles. The molecule has 0 N–H and O–H groups in total. The number of carbonyl (C=O) groups excluding carboxylic acids is 1. The molecule has 13 heavy (non-hydrogen) atoms. The van der Waals surface area contributed by atoms with Crippen LogP contribution in [0.4, 0.5) is 0 Å². The van der Waals surface area contributed by atoms with Gasteiger partial charge in [0.15, 0.2) is 0 Å². The van der Waals surface area contributed by atoms with Crippen molar-refractivity contribution in [3.8, 4) is 0 Å². The first kappa shape index (κ1) is 10.8. The Morgan fingerprint density at radius 1 is 1.69 bits per heavy atom. The Hall–Kier alpha value is -0.280. The van der Waals surface area contributed by atoms with Crippen molar-refractivity contribution >= 4 is 17.6 Å². The highest BCUT2D eigenvalue weighted by Crippen LogP contribution is 2.29. The molecule has 0 aromatic rings. The first-order chi connectivity index (χ1) is 6.16. The molecule has 1 aliphatic rings. The smallest absolute Gasteiger partial charge is 0.305 e. The minimum atomic E-state index is -0.162. The Morgan fingerprint density at radius 2 is 2.38 bits per heavy atom. The molecule has 1 heterocycles. The fourth-order valence-electron chi connectivity index (χ4n) is 0.932. The van der Waals surface area contributed by atoms with E-state index in [1.807, 2.05) is 6.92 Å². The molecule has 76 valence electrons. The maximum absolute atomic E-state index is 11.0. The Bertz CT molecular complexity index is 178. The van der Waals surface area contributed by atoms with Crippen LogP contribution < -0.4 is 0 Å². The second-order valence-corrected chi connectivity index (χ2v) is 3.88. The van der Waals surface area contributed by atoms with Crippen molar-refractivity contribution in [2.75, 3.05) is 19.1 Å². The monoisotopic (exact) mass is 206 g/mol. The highest BCUT2D eigenvalue weighted by Gasteiger charge is 2.38. The number of epoxide rings is 1. The van der Waals surface area contributed by atoms with Crippen molar-refractivity contribution in [1.29, 1.82) is 0 Å². The van der Waals surface area contributed by atoms with Gasteiger partial charge in [0.2, 0.25) is 0 Å². The Kier molecular flexibility index (Phi) is 4.00. The standard InChI is InChI=1S/C9H15ClO3/c1-9(7-13-9)4-6-12-8(11)3-2-5-10/h2-7H2,1H3. The minimum absolute atomic E-state index is 0.0211. The van der Waals surface area contributed by atoms with Gasteiger partial charge in [-0.1, -0.05) is 0 Å². The summed E-state index contributed by atoms with van der Waals surface area (Å²) in [4.78, 5) is 11.0. The van der Waals surface area contributed by atoms with Crippen LogP contribution in [0.15, 0.2) is 0 Å². The number of rotatable bonds is 6.